The molecule has 1 N–H and O–H groups in total. The van der Waals surface area contributed by atoms with Crippen molar-refractivity contribution in [2.24, 2.45) is 0 Å². The molecule has 0 fully saturated rings. The topological polar surface area (TPSA) is 92.3 Å². The summed E-state index contributed by atoms with van der Waals surface area (Å²) in [6, 6.07) is 15.6. The van der Waals surface area contributed by atoms with E-state index in [1.165, 1.54) is 17.0 Å². The average Bonchev–Trinajstić information content (AvgIpc) is 2.97. The van der Waals surface area contributed by atoms with E-state index in [0.29, 0.717) is 27.6 Å². The number of aliphatic carboxylic acids is 1. The quantitative estimate of drug-likeness (QED) is 0.742. The highest BCUT2D eigenvalue weighted by Gasteiger charge is 2.14. The van der Waals surface area contributed by atoms with Crippen molar-refractivity contribution in [1.29, 1.82) is 5.26 Å². The van der Waals surface area contributed by atoms with Crippen LogP contribution < -0.4 is 4.84 Å². The van der Waals surface area contributed by atoms with Gasteiger partial charge in [-0.3, -0.25) is 0 Å². The van der Waals surface area contributed by atoms with E-state index < -0.39 is 11.9 Å². The van der Waals surface area contributed by atoms with Gasteiger partial charge in [0.15, 0.2) is 0 Å². The molecule has 122 valence electrons. The second kappa shape index (κ2) is 6.72. The Hall–Kier alpha value is -3.85. The van der Waals surface area contributed by atoms with Crippen molar-refractivity contribution < 1.29 is 19.5 Å². The minimum absolute atomic E-state index is 0.321. The first-order chi connectivity index (χ1) is 12.1. The molecule has 0 aliphatic heterocycles. The van der Waals surface area contributed by atoms with E-state index in [4.69, 9.17) is 9.94 Å². The molecule has 6 nitrogen and oxygen atoms in total. The lowest BCUT2D eigenvalue weighted by molar-refractivity contribution is -0.131. The molecule has 1 heterocycles. The summed E-state index contributed by atoms with van der Waals surface area (Å²) in [6.45, 7) is 0. The predicted molar refractivity (Wildman–Crippen MR) is 90.7 cm³/mol. The molecule has 0 saturated heterocycles. The standard InChI is InChI=1S/C19H12N2O4/c20-11-15-12-21(25-19(24)14-4-2-1-3-5-14)17-8-6-13(10-16(15)17)7-9-18(22)23/h1-10,12H,(H,22,23)/b9-7+. The first kappa shape index (κ1) is 16.0. The summed E-state index contributed by atoms with van der Waals surface area (Å²) in [5.41, 5.74) is 1.87. The fourth-order valence-electron chi connectivity index (χ4n) is 2.37. The lowest BCUT2D eigenvalue weighted by atomic mass is 10.1. The van der Waals surface area contributed by atoms with Gasteiger partial charge in [0.1, 0.15) is 6.07 Å². The zero-order chi connectivity index (χ0) is 17.8. The Morgan fingerprint density at radius 1 is 1.16 bits per heavy atom. The minimum atomic E-state index is -1.06. The first-order valence-electron chi connectivity index (χ1n) is 7.32. The molecular weight excluding hydrogens is 320 g/mol. The normalized spacial score (nSPS) is 10.7. The highest BCUT2D eigenvalue weighted by atomic mass is 16.7. The number of hydrogen-bond donors (Lipinski definition) is 1. The Bertz CT molecular complexity index is 1030. The van der Waals surface area contributed by atoms with E-state index in [9.17, 15) is 14.9 Å². The van der Waals surface area contributed by atoms with Crippen LogP contribution in [0.4, 0.5) is 0 Å². The molecule has 0 amide bonds. The van der Waals surface area contributed by atoms with Crippen molar-refractivity contribution in [2.75, 3.05) is 0 Å². The summed E-state index contributed by atoms with van der Waals surface area (Å²) in [7, 11) is 0. The molecule has 0 saturated carbocycles. The number of hydrogen-bond acceptors (Lipinski definition) is 4. The van der Waals surface area contributed by atoms with Crippen molar-refractivity contribution in [2.45, 2.75) is 0 Å². The number of nitrogens with zero attached hydrogens (tertiary/aromatic N) is 2. The number of rotatable bonds is 4. The molecule has 0 bridgehead atoms. The molecule has 0 radical (unpaired) electrons. The SMILES string of the molecule is N#Cc1cn(OC(=O)c2ccccc2)c2ccc(/C=C/C(=O)O)cc12. The van der Waals surface area contributed by atoms with Crippen molar-refractivity contribution in [3.63, 3.8) is 0 Å². The Balaban J connectivity index is 1.98. The largest absolute Gasteiger partial charge is 0.478 e. The second-order valence-electron chi connectivity index (χ2n) is 5.17. The van der Waals surface area contributed by atoms with Gasteiger partial charge < -0.3 is 9.94 Å². The first-order valence-corrected chi connectivity index (χ1v) is 7.32. The summed E-state index contributed by atoms with van der Waals surface area (Å²) in [5, 5.41) is 18.6. The molecule has 3 aromatic rings. The zero-order valence-electron chi connectivity index (χ0n) is 12.9. The van der Waals surface area contributed by atoms with Gasteiger partial charge in [-0.15, -0.1) is 0 Å². The van der Waals surface area contributed by atoms with Crippen LogP contribution in [0.3, 0.4) is 0 Å². The molecule has 0 atom stereocenters. The number of carbonyl (C=O) groups is 2. The van der Waals surface area contributed by atoms with Gasteiger partial charge in [-0.1, -0.05) is 24.3 Å². The zero-order valence-corrected chi connectivity index (χ0v) is 12.9. The van der Waals surface area contributed by atoms with E-state index in [1.54, 1.807) is 48.5 Å². The van der Waals surface area contributed by atoms with Gasteiger partial charge in [0, 0.05) is 11.5 Å². The molecule has 0 aliphatic carbocycles. The van der Waals surface area contributed by atoms with Crippen LogP contribution >= 0.6 is 0 Å². The molecule has 6 heteroatoms. The molecule has 25 heavy (non-hydrogen) atoms. The van der Waals surface area contributed by atoms with Gasteiger partial charge >= 0.3 is 11.9 Å². The third-order valence-electron chi connectivity index (χ3n) is 3.52. The third kappa shape index (κ3) is 3.41. The van der Waals surface area contributed by atoms with Crippen LogP contribution in [0.1, 0.15) is 21.5 Å². The smallest absolute Gasteiger partial charge is 0.363 e. The highest BCUT2D eigenvalue weighted by Crippen LogP contribution is 2.22. The second-order valence-corrected chi connectivity index (χ2v) is 5.17. The fraction of sp³-hybridized carbons (Fsp3) is 0. The van der Waals surface area contributed by atoms with Crippen LogP contribution in [0.2, 0.25) is 0 Å². The lowest BCUT2D eigenvalue weighted by Gasteiger charge is -2.06. The van der Waals surface area contributed by atoms with Crippen molar-refractivity contribution in [3.05, 3.63) is 77.5 Å². The summed E-state index contributed by atoms with van der Waals surface area (Å²) < 4.78 is 1.24. The molecular formula is C19H12N2O4. The maximum absolute atomic E-state index is 12.2. The Kier molecular flexibility index (Phi) is 4.31. The van der Waals surface area contributed by atoms with Crippen LogP contribution in [0.5, 0.6) is 0 Å². The van der Waals surface area contributed by atoms with E-state index in [0.717, 1.165) is 6.08 Å². The van der Waals surface area contributed by atoms with Crippen LogP contribution in [0.15, 0.2) is 60.8 Å². The Morgan fingerprint density at radius 3 is 2.60 bits per heavy atom. The maximum atomic E-state index is 12.2. The predicted octanol–water partition coefficient (Wildman–Crippen LogP) is 2.88. The van der Waals surface area contributed by atoms with Crippen molar-refractivity contribution in [3.8, 4) is 6.07 Å². The number of carboxylic acids is 1. The average molecular weight is 332 g/mol. The summed E-state index contributed by atoms with van der Waals surface area (Å²) in [6.07, 6.45) is 3.87. The highest BCUT2D eigenvalue weighted by molar-refractivity contribution is 5.92. The van der Waals surface area contributed by atoms with Crippen LogP contribution in [0, 0.1) is 11.3 Å². The van der Waals surface area contributed by atoms with Gasteiger partial charge in [0.2, 0.25) is 0 Å². The van der Waals surface area contributed by atoms with Crippen LogP contribution in [-0.4, -0.2) is 21.8 Å². The molecule has 1 aromatic heterocycles. The van der Waals surface area contributed by atoms with Crippen LogP contribution in [-0.2, 0) is 4.79 Å². The Morgan fingerprint density at radius 2 is 1.92 bits per heavy atom. The van der Waals surface area contributed by atoms with Gasteiger partial charge in [0.05, 0.1) is 22.8 Å². The van der Waals surface area contributed by atoms with Gasteiger partial charge in [0.25, 0.3) is 0 Å². The molecule has 0 unspecified atom stereocenters. The number of nitriles is 1. The summed E-state index contributed by atoms with van der Waals surface area (Å²) in [5.74, 6) is -1.60. The maximum Gasteiger partial charge on any atom is 0.363 e. The van der Waals surface area contributed by atoms with E-state index in [2.05, 4.69) is 0 Å². The Labute approximate surface area is 142 Å². The molecule has 2 aromatic carbocycles. The van der Waals surface area contributed by atoms with E-state index in [1.807, 2.05) is 6.07 Å². The van der Waals surface area contributed by atoms with Gasteiger partial charge in [-0.2, -0.15) is 9.99 Å². The van der Waals surface area contributed by atoms with Gasteiger partial charge in [-0.25, -0.2) is 9.59 Å². The van der Waals surface area contributed by atoms with E-state index >= 15 is 0 Å². The van der Waals surface area contributed by atoms with Crippen molar-refractivity contribution >= 4 is 28.9 Å². The lowest BCUT2D eigenvalue weighted by Crippen LogP contribution is -2.18. The third-order valence-corrected chi connectivity index (χ3v) is 3.52. The number of aromatic nitrogens is 1. The van der Waals surface area contributed by atoms with Gasteiger partial charge in [-0.05, 0) is 35.9 Å². The number of fused-ring (bicyclic) bond motifs is 1. The number of benzene rings is 2. The fourth-order valence-corrected chi connectivity index (χ4v) is 2.37. The van der Waals surface area contributed by atoms with E-state index in [-0.39, 0.29) is 0 Å². The number of carboxylic acid groups (broad SMARTS) is 1. The summed E-state index contributed by atoms with van der Waals surface area (Å²) in [4.78, 5) is 28.2. The molecule has 3 rings (SSSR count). The molecule has 0 spiro atoms. The van der Waals surface area contributed by atoms with Crippen LogP contribution in [0.25, 0.3) is 17.0 Å². The monoisotopic (exact) mass is 332 g/mol. The minimum Gasteiger partial charge on any atom is -0.478 e. The number of carbonyl (C=O) groups excluding carboxylic acids is 1. The summed E-state index contributed by atoms with van der Waals surface area (Å²) >= 11 is 0. The molecule has 0 aliphatic rings. The van der Waals surface area contributed by atoms with Crippen molar-refractivity contribution in [1.82, 2.24) is 4.73 Å².